The number of carboxylic acid groups (broad SMARTS) is 1. The molecule has 9 heteroatoms. The average molecular weight is 543 g/mol. The molecular weight excluding hydrogens is 508 g/mol. The summed E-state index contributed by atoms with van der Waals surface area (Å²) >= 11 is 0. The van der Waals surface area contributed by atoms with Crippen molar-refractivity contribution < 1.29 is 24.2 Å². The van der Waals surface area contributed by atoms with Crippen LogP contribution >= 0.6 is 0 Å². The summed E-state index contributed by atoms with van der Waals surface area (Å²) in [5.41, 5.74) is 11.3. The summed E-state index contributed by atoms with van der Waals surface area (Å²) in [6.45, 7) is 3.30. The fourth-order valence-electron chi connectivity index (χ4n) is 5.47. The maximum Gasteiger partial charge on any atom is 0.336 e. The number of methoxy groups -OCH3 is 1. The van der Waals surface area contributed by atoms with Crippen LogP contribution in [0.4, 0.5) is 5.69 Å². The van der Waals surface area contributed by atoms with Gasteiger partial charge in [-0.25, -0.2) is 4.79 Å². The minimum atomic E-state index is -1.07. The van der Waals surface area contributed by atoms with Crippen LogP contribution < -0.4 is 20.7 Å². The summed E-state index contributed by atoms with van der Waals surface area (Å²) in [5.74, 6) is -0.390. The van der Waals surface area contributed by atoms with Gasteiger partial charge in [-0.05, 0) is 96.0 Å². The highest BCUT2D eigenvalue weighted by atomic mass is 16.5. The van der Waals surface area contributed by atoms with Crippen molar-refractivity contribution in [3.63, 3.8) is 0 Å². The number of anilines is 1. The summed E-state index contributed by atoms with van der Waals surface area (Å²) in [6.07, 6.45) is 2.66. The zero-order valence-electron chi connectivity index (χ0n) is 22.5. The van der Waals surface area contributed by atoms with E-state index in [0.29, 0.717) is 60.2 Å². The predicted molar refractivity (Wildman–Crippen MR) is 153 cm³/mol. The van der Waals surface area contributed by atoms with Crippen molar-refractivity contribution >= 4 is 23.4 Å². The SMILES string of the molecule is COc1ccc(-c2cc(C(=O)NCC3CCOCC3)ccc2CN2CCc3cc(C(=N)N)ccc32)c(C(=O)O)c1. The number of hydrogen-bond donors (Lipinski definition) is 4. The molecule has 0 atom stereocenters. The third-order valence-corrected chi connectivity index (χ3v) is 7.75. The lowest BCUT2D eigenvalue weighted by Gasteiger charge is -2.23. The molecule has 5 rings (SSSR count). The van der Waals surface area contributed by atoms with E-state index in [1.165, 1.54) is 13.2 Å². The molecule has 2 aliphatic heterocycles. The first kappa shape index (κ1) is 27.2. The van der Waals surface area contributed by atoms with E-state index < -0.39 is 5.97 Å². The number of carbonyl (C=O) groups excluding carboxylic acids is 1. The molecule has 0 spiro atoms. The van der Waals surface area contributed by atoms with Crippen molar-refractivity contribution in [2.24, 2.45) is 11.7 Å². The molecule has 0 unspecified atom stereocenters. The molecule has 40 heavy (non-hydrogen) atoms. The Kier molecular flexibility index (Phi) is 8.02. The van der Waals surface area contributed by atoms with Gasteiger partial charge in [0.1, 0.15) is 11.6 Å². The van der Waals surface area contributed by atoms with E-state index in [1.807, 2.05) is 24.3 Å². The average Bonchev–Trinajstić information content (AvgIpc) is 3.38. The maximum absolute atomic E-state index is 13.2. The van der Waals surface area contributed by atoms with Crippen molar-refractivity contribution in [3.05, 3.63) is 82.4 Å². The van der Waals surface area contributed by atoms with Gasteiger partial charge >= 0.3 is 5.97 Å². The molecule has 0 aliphatic carbocycles. The number of ether oxygens (including phenoxy) is 2. The van der Waals surface area contributed by atoms with Crippen molar-refractivity contribution in [1.82, 2.24) is 5.32 Å². The number of benzene rings is 3. The van der Waals surface area contributed by atoms with E-state index in [4.69, 9.17) is 20.6 Å². The summed E-state index contributed by atoms with van der Waals surface area (Å²) in [6, 6.07) is 16.3. The second kappa shape index (κ2) is 11.8. The lowest BCUT2D eigenvalue weighted by Crippen LogP contribution is -2.32. The number of carboxylic acids is 1. The fraction of sp³-hybridized carbons (Fsp3) is 0.323. The first-order valence-corrected chi connectivity index (χ1v) is 13.5. The minimum Gasteiger partial charge on any atom is -0.497 e. The van der Waals surface area contributed by atoms with Crippen LogP contribution in [0.15, 0.2) is 54.6 Å². The van der Waals surface area contributed by atoms with Gasteiger partial charge < -0.3 is 30.5 Å². The molecule has 3 aromatic rings. The first-order chi connectivity index (χ1) is 19.3. The van der Waals surface area contributed by atoms with Crippen molar-refractivity contribution in [2.75, 3.05) is 38.3 Å². The zero-order chi connectivity index (χ0) is 28.2. The molecule has 0 aromatic heterocycles. The molecule has 0 saturated carbocycles. The second-order valence-electron chi connectivity index (χ2n) is 10.3. The predicted octanol–water partition coefficient (Wildman–Crippen LogP) is 4.06. The molecule has 2 heterocycles. The number of aromatic carboxylic acids is 1. The Morgan fingerprint density at radius 3 is 2.58 bits per heavy atom. The lowest BCUT2D eigenvalue weighted by molar-refractivity contribution is 0.0642. The van der Waals surface area contributed by atoms with Crippen LogP contribution in [0.25, 0.3) is 11.1 Å². The number of carbonyl (C=O) groups is 2. The molecule has 9 nitrogen and oxygen atoms in total. The Bertz CT molecular complexity index is 1450. The topological polar surface area (TPSA) is 138 Å². The van der Waals surface area contributed by atoms with Crippen molar-refractivity contribution in [2.45, 2.75) is 25.8 Å². The summed E-state index contributed by atoms with van der Waals surface area (Å²) < 4.78 is 10.7. The van der Waals surface area contributed by atoms with Crippen LogP contribution in [0.1, 0.15) is 50.2 Å². The van der Waals surface area contributed by atoms with Gasteiger partial charge in [-0.3, -0.25) is 10.2 Å². The number of amides is 1. The van der Waals surface area contributed by atoms with Crippen LogP contribution in [-0.2, 0) is 17.7 Å². The highest BCUT2D eigenvalue weighted by molar-refractivity contribution is 6.00. The monoisotopic (exact) mass is 542 g/mol. The highest BCUT2D eigenvalue weighted by Crippen LogP contribution is 2.35. The normalized spacial score (nSPS) is 15.0. The second-order valence-corrected chi connectivity index (χ2v) is 10.3. The molecular formula is C31H34N4O5. The van der Waals surface area contributed by atoms with Gasteiger partial charge in [0.2, 0.25) is 0 Å². The third-order valence-electron chi connectivity index (χ3n) is 7.75. The highest BCUT2D eigenvalue weighted by Gasteiger charge is 2.24. The van der Waals surface area contributed by atoms with E-state index in [0.717, 1.165) is 42.6 Å². The van der Waals surface area contributed by atoms with Gasteiger partial charge in [-0.1, -0.05) is 6.07 Å². The number of nitrogens with zero attached hydrogens (tertiary/aromatic N) is 1. The number of amidine groups is 1. The van der Waals surface area contributed by atoms with Crippen LogP contribution in [0.5, 0.6) is 5.75 Å². The van der Waals surface area contributed by atoms with E-state index in [-0.39, 0.29) is 17.3 Å². The van der Waals surface area contributed by atoms with Crippen LogP contribution in [0.3, 0.4) is 0 Å². The Hall–Kier alpha value is -4.37. The number of nitrogens with one attached hydrogen (secondary N) is 2. The van der Waals surface area contributed by atoms with Gasteiger partial charge in [0.05, 0.1) is 12.7 Å². The molecule has 208 valence electrons. The van der Waals surface area contributed by atoms with E-state index >= 15 is 0 Å². The summed E-state index contributed by atoms with van der Waals surface area (Å²) in [4.78, 5) is 27.7. The molecule has 3 aromatic carbocycles. The fourth-order valence-corrected chi connectivity index (χ4v) is 5.47. The minimum absolute atomic E-state index is 0.0370. The number of nitrogens with two attached hydrogens (primary N) is 1. The Balaban J connectivity index is 1.49. The quantitative estimate of drug-likeness (QED) is 0.236. The summed E-state index contributed by atoms with van der Waals surface area (Å²) in [5, 5.41) is 20.8. The Labute approximate surface area is 233 Å². The largest absolute Gasteiger partial charge is 0.497 e. The molecule has 1 amide bonds. The Morgan fingerprint density at radius 2 is 1.85 bits per heavy atom. The number of rotatable bonds is 9. The van der Waals surface area contributed by atoms with Gasteiger partial charge in [0.25, 0.3) is 5.91 Å². The van der Waals surface area contributed by atoms with E-state index in [2.05, 4.69) is 10.2 Å². The van der Waals surface area contributed by atoms with Gasteiger partial charge in [0, 0.05) is 49.7 Å². The molecule has 0 bridgehead atoms. The van der Waals surface area contributed by atoms with Crippen molar-refractivity contribution in [3.8, 4) is 16.9 Å². The molecule has 5 N–H and O–H groups in total. The van der Waals surface area contributed by atoms with Gasteiger partial charge in [0.15, 0.2) is 0 Å². The number of fused-ring (bicyclic) bond motifs is 1. The van der Waals surface area contributed by atoms with Gasteiger partial charge in [-0.2, -0.15) is 0 Å². The van der Waals surface area contributed by atoms with Crippen LogP contribution in [0, 0.1) is 11.3 Å². The molecule has 0 radical (unpaired) electrons. The smallest absolute Gasteiger partial charge is 0.336 e. The standard InChI is InChI=1S/C31H34N4O5/c1-39-24-5-6-25(27(16-24)31(37)38)26-15-22(30(36)34-17-19-9-12-40-13-10-19)2-3-23(26)18-35-11-8-20-14-21(29(32)33)4-7-28(20)35/h2-7,14-16,19H,8-13,17-18H2,1H3,(H3,32,33)(H,34,36)(H,37,38). The lowest BCUT2D eigenvalue weighted by atomic mass is 9.92. The van der Waals surface area contributed by atoms with Gasteiger partial charge in [-0.15, -0.1) is 0 Å². The molecule has 2 aliphatic rings. The van der Waals surface area contributed by atoms with E-state index in [1.54, 1.807) is 24.3 Å². The van der Waals surface area contributed by atoms with E-state index in [9.17, 15) is 14.7 Å². The maximum atomic E-state index is 13.2. The zero-order valence-corrected chi connectivity index (χ0v) is 22.5. The van der Waals surface area contributed by atoms with Crippen molar-refractivity contribution in [1.29, 1.82) is 5.41 Å². The third kappa shape index (κ3) is 5.79. The first-order valence-electron chi connectivity index (χ1n) is 13.5. The summed E-state index contributed by atoms with van der Waals surface area (Å²) in [7, 11) is 1.50. The number of hydrogen-bond acceptors (Lipinski definition) is 6. The Morgan fingerprint density at radius 1 is 1.07 bits per heavy atom. The van der Waals surface area contributed by atoms with Crippen LogP contribution in [0.2, 0.25) is 0 Å². The van der Waals surface area contributed by atoms with Crippen LogP contribution in [-0.4, -0.2) is 56.2 Å². The number of nitrogen functional groups attached to an aromatic ring is 1. The molecule has 1 fully saturated rings. The molecule has 1 saturated heterocycles.